The summed E-state index contributed by atoms with van der Waals surface area (Å²) >= 11 is 0. The second-order valence-corrected chi connectivity index (χ2v) is 18.1. The molecular weight excluding hydrogens is 805 g/mol. The lowest BCUT2D eigenvalue weighted by molar-refractivity contribution is -0.167. The summed E-state index contributed by atoms with van der Waals surface area (Å²) in [4.78, 5) is 38.0. The van der Waals surface area contributed by atoms with Crippen molar-refractivity contribution in [1.29, 1.82) is 0 Å². The minimum atomic E-state index is -0.801. The number of carbonyl (C=O) groups is 3. The van der Waals surface area contributed by atoms with E-state index in [-0.39, 0.29) is 37.5 Å². The lowest BCUT2D eigenvalue weighted by atomic mass is 10.0. The van der Waals surface area contributed by atoms with Gasteiger partial charge in [-0.25, -0.2) is 0 Å². The van der Waals surface area contributed by atoms with Gasteiger partial charge in [-0.15, -0.1) is 0 Å². The van der Waals surface area contributed by atoms with E-state index < -0.39 is 6.10 Å². The molecule has 0 aromatic heterocycles. The fourth-order valence-electron chi connectivity index (χ4n) is 7.59. The summed E-state index contributed by atoms with van der Waals surface area (Å²) in [5, 5.41) is 0. The van der Waals surface area contributed by atoms with Gasteiger partial charge in [0.25, 0.3) is 0 Å². The van der Waals surface area contributed by atoms with Gasteiger partial charge < -0.3 is 14.2 Å². The zero-order valence-electron chi connectivity index (χ0n) is 42.7. The molecule has 6 heteroatoms. The van der Waals surface area contributed by atoms with E-state index in [9.17, 15) is 14.4 Å². The summed E-state index contributed by atoms with van der Waals surface area (Å²) in [6.07, 6.45) is 67.5. The molecular formula is C59H102O6. The molecule has 0 aliphatic heterocycles. The number of ether oxygens (including phenoxy) is 3. The molecule has 0 aliphatic carbocycles. The van der Waals surface area contributed by atoms with Crippen LogP contribution in [0.4, 0.5) is 0 Å². The van der Waals surface area contributed by atoms with Crippen molar-refractivity contribution < 1.29 is 28.6 Å². The first-order valence-electron chi connectivity index (χ1n) is 27.4. The monoisotopic (exact) mass is 907 g/mol. The molecule has 0 radical (unpaired) electrons. The largest absolute Gasteiger partial charge is 0.462 e. The van der Waals surface area contributed by atoms with Gasteiger partial charge in [0.15, 0.2) is 6.10 Å². The Balaban J connectivity index is 4.47. The molecule has 0 fully saturated rings. The molecule has 0 aliphatic rings. The van der Waals surface area contributed by atoms with E-state index in [4.69, 9.17) is 14.2 Å². The van der Waals surface area contributed by atoms with Crippen LogP contribution in [0.5, 0.6) is 0 Å². The number of unbranched alkanes of at least 4 members (excludes halogenated alkanes) is 26. The van der Waals surface area contributed by atoms with Crippen molar-refractivity contribution in [3.63, 3.8) is 0 Å². The number of rotatable bonds is 49. The number of allylic oxidation sites excluding steroid dienone is 12. The third-order valence-electron chi connectivity index (χ3n) is 11.7. The first-order valence-corrected chi connectivity index (χ1v) is 27.4. The van der Waals surface area contributed by atoms with Gasteiger partial charge in [-0.3, -0.25) is 14.4 Å². The molecule has 0 amide bonds. The minimum Gasteiger partial charge on any atom is -0.462 e. The summed E-state index contributed by atoms with van der Waals surface area (Å²) in [7, 11) is 0. The Hall–Kier alpha value is -3.15. The van der Waals surface area contributed by atoms with Crippen LogP contribution in [0.3, 0.4) is 0 Å². The van der Waals surface area contributed by atoms with Crippen LogP contribution in [-0.2, 0) is 28.6 Å². The normalized spacial score (nSPS) is 12.6. The van der Waals surface area contributed by atoms with Crippen LogP contribution < -0.4 is 0 Å². The maximum Gasteiger partial charge on any atom is 0.306 e. The number of hydrogen-bond acceptors (Lipinski definition) is 6. The molecule has 6 nitrogen and oxygen atoms in total. The summed E-state index contributed by atoms with van der Waals surface area (Å²) < 4.78 is 16.8. The number of hydrogen-bond donors (Lipinski definition) is 0. The van der Waals surface area contributed by atoms with E-state index in [2.05, 4.69) is 93.7 Å². The molecule has 0 heterocycles. The topological polar surface area (TPSA) is 78.9 Å². The first-order chi connectivity index (χ1) is 32.0. The van der Waals surface area contributed by atoms with E-state index in [0.29, 0.717) is 19.3 Å². The Morgan fingerprint density at radius 2 is 0.615 bits per heavy atom. The zero-order valence-corrected chi connectivity index (χ0v) is 42.7. The zero-order chi connectivity index (χ0) is 47.2. The van der Waals surface area contributed by atoms with Crippen LogP contribution in [-0.4, -0.2) is 37.2 Å². The summed E-state index contributed by atoms with van der Waals surface area (Å²) in [5.74, 6) is -0.956. The van der Waals surface area contributed by atoms with Gasteiger partial charge in [0.05, 0.1) is 0 Å². The van der Waals surface area contributed by atoms with Gasteiger partial charge in [0.2, 0.25) is 0 Å². The van der Waals surface area contributed by atoms with Gasteiger partial charge >= 0.3 is 17.9 Å². The van der Waals surface area contributed by atoms with Crippen LogP contribution in [0.1, 0.15) is 265 Å². The lowest BCUT2D eigenvalue weighted by Crippen LogP contribution is -2.30. The predicted molar refractivity (Wildman–Crippen MR) is 279 cm³/mol. The molecule has 0 bridgehead atoms. The van der Waals surface area contributed by atoms with Crippen LogP contribution in [0.25, 0.3) is 0 Å². The van der Waals surface area contributed by atoms with Crippen molar-refractivity contribution >= 4 is 17.9 Å². The molecule has 1 atom stereocenters. The highest BCUT2D eigenvalue weighted by molar-refractivity contribution is 5.71. The highest BCUT2D eigenvalue weighted by Crippen LogP contribution is 2.15. The Bertz CT molecular complexity index is 1230. The fraction of sp³-hybridized carbons (Fsp3) is 0.746. The Labute approximate surface area is 402 Å². The van der Waals surface area contributed by atoms with E-state index in [0.717, 1.165) is 89.9 Å². The number of carbonyl (C=O) groups excluding carboxylic acids is 3. The van der Waals surface area contributed by atoms with E-state index in [1.54, 1.807) is 0 Å². The van der Waals surface area contributed by atoms with Gasteiger partial charge in [-0.2, -0.15) is 0 Å². The van der Waals surface area contributed by atoms with Crippen LogP contribution in [0, 0.1) is 0 Å². The van der Waals surface area contributed by atoms with Crippen LogP contribution >= 0.6 is 0 Å². The van der Waals surface area contributed by atoms with Gasteiger partial charge in [-0.1, -0.05) is 235 Å². The first kappa shape index (κ1) is 61.9. The molecule has 0 rings (SSSR count). The van der Waals surface area contributed by atoms with Crippen molar-refractivity contribution in [3.05, 3.63) is 72.9 Å². The van der Waals surface area contributed by atoms with Crippen molar-refractivity contribution in [3.8, 4) is 0 Å². The van der Waals surface area contributed by atoms with Gasteiger partial charge in [0.1, 0.15) is 13.2 Å². The lowest BCUT2D eigenvalue weighted by Gasteiger charge is -2.18. The molecule has 0 spiro atoms. The van der Waals surface area contributed by atoms with E-state index >= 15 is 0 Å². The number of esters is 3. The molecule has 0 saturated heterocycles. The second-order valence-electron chi connectivity index (χ2n) is 18.1. The molecule has 0 N–H and O–H groups in total. The fourth-order valence-corrected chi connectivity index (χ4v) is 7.59. The van der Waals surface area contributed by atoms with Crippen LogP contribution in [0.15, 0.2) is 72.9 Å². The van der Waals surface area contributed by atoms with Crippen molar-refractivity contribution in [2.45, 2.75) is 271 Å². The van der Waals surface area contributed by atoms with Crippen molar-refractivity contribution in [2.24, 2.45) is 0 Å². The predicted octanol–water partition coefficient (Wildman–Crippen LogP) is 18.2. The van der Waals surface area contributed by atoms with Gasteiger partial charge in [-0.05, 0) is 83.5 Å². The summed E-state index contributed by atoms with van der Waals surface area (Å²) in [6.45, 7) is 6.48. The summed E-state index contributed by atoms with van der Waals surface area (Å²) in [6, 6.07) is 0. The molecule has 0 aromatic carbocycles. The molecule has 0 aromatic rings. The maximum absolute atomic E-state index is 12.8. The van der Waals surface area contributed by atoms with E-state index in [1.165, 1.54) is 128 Å². The third kappa shape index (κ3) is 51.7. The highest BCUT2D eigenvalue weighted by Gasteiger charge is 2.19. The smallest absolute Gasteiger partial charge is 0.306 e. The average molecular weight is 907 g/mol. The molecule has 374 valence electrons. The van der Waals surface area contributed by atoms with E-state index in [1.807, 2.05) is 0 Å². The third-order valence-corrected chi connectivity index (χ3v) is 11.7. The Morgan fingerprint density at radius 3 is 1.00 bits per heavy atom. The molecule has 65 heavy (non-hydrogen) atoms. The Morgan fingerprint density at radius 1 is 0.323 bits per heavy atom. The average Bonchev–Trinajstić information content (AvgIpc) is 3.30. The SMILES string of the molecule is CC/C=C\C/C=C\C/C=C\CCCCCCCCC(=O)OC(COC(=O)CCC/C=C\C/C=C\C/C=C\CCCCCCCC)COC(=O)CCCCCCCCCCCCCCCC. The maximum atomic E-state index is 12.8. The minimum absolute atomic E-state index is 0.0946. The molecule has 1 unspecified atom stereocenters. The highest BCUT2D eigenvalue weighted by atomic mass is 16.6. The Kier molecular flexibility index (Phi) is 50.9. The van der Waals surface area contributed by atoms with Gasteiger partial charge in [0, 0.05) is 19.3 Å². The second kappa shape index (κ2) is 53.5. The van der Waals surface area contributed by atoms with Crippen molar-refractivity contribution in [2.75, 3.05) is 13.2 Å². The standard InChI is InChI=1S/C59H102O6/c1-4-7-10-13-16-19-22-25-28-30-32-34-37-40-43-46-49-52-58(61)64-55-56(54-63-57(60)51-48-45-42-39-36-33-27-24-21-18-15-12-9-6-3)65-59(62)53-50-47-44-41-38-35-31-29-26-23-20-17-14-11-8-5-2/h8,11,17,20,25-26,28-29,32,34,40,43,56H,4-7,9-10,12-16,18-19,21-24,27,30-31,33,35-39,41-42,44-55H2,1-3H3/b11-8-,20-17-,28-25-,29-26-,34-32-,43-40-. The van der Waals surface area contributed by atoms with Crippen molar-refractivity contribution in [1.82, 2.24) is 0 Å². The summed E-state index contributed by atoms with van der Waals surface area (Å²) in [5.41, 5.74) is 0. The molecule has 0 saturated carbocycles. The van der Waals surface area contributed by atoms with Crippen LogP contribution in [0.2, 0.25) is 0 Å². The quantitative estimate of drug-likeness (QED) is 0.0262.